The van der Waals surface area contributed by atoms with E-state index in [0.29, 0.717) is 0 Å². The van der Waals surface area contributed by atoms with Crippen molar-refractivity contribution in [2.75, 3.05) is 0 Å². The van der Waals surface area contributed by atoms with Crippen LogP contribution in [0.3, 0.4) is 0 Å². The van der Waals surface area contributed by atoms with Gasteiger partial charge in [-0.2, -0.15) is 0 Å². The van der Waals surface area contributed by atoms with E-state index in [1.807, 2.05) is 25.1 Å². The van der Waals surface area contributed by atoms with Crippen molar-refractivity contribution in [2.45, 2.75) is 25.8 Å². The van der Waals surface area contributed by atoms with Crippen molar-refractivity contribution in [3.63, 3.8) is 0 Å². The molecule has 4 heteroatoms. The van der Waals surface area contributed by atoms with E-state index >= 15 is 0 Å². The second-order valence-electron chi connectivity index (χ2n) is 4.02. The zero-order valence-corrected chi connectivity index (χ0v) is 10.4. The minimum absolute atomic E-state index is 0.383. The molecule has 1 aromatic heterocycles. The monoisotopic (exact) mass is 267 g/mol. The minimum atomic E-state index is -0.383. The third-order valence-corrected chi connectivity index (χ3v) is 3.21. The largest absolute Gasteiger partial charge is 0.340 e. The van der Waals surface area contributed by atoms with Crippen LogP contribution in [0.5, 0.6) is 0 Å². The summed E-state index contributed by atoms with van der Waals surface area (Å²) in [4.78, 5) is 7.76. The van der Waals surface area contributed by atoms with Crippen molar-refractivity contribution in [2.24, 2.45) is 5.73 Å². The molecule has 1 heterocycles. The van der Waals surface area contributed by atoms with Gasteiger partial charge in [0.15, 0.2) is 0 Å². The molecular weight excluding hydrogens is 254 g/mol. The summed E-state index contributed by atoms with van der Waals surface area (Å²) in [5.74, 6) is 0.845. The van der Waals surface area contributed by atoms with E-state index in [-0.39, 0.29) is 5.54 Å². The number of aromatic amines is 1. The zero-order valence-electron chi connectivity index (χ0n) is 8.84. The molecular formula is C11H14BrN3. The third kappa shape index (κ3) is 1.92. The lowest BCUT2D eigenvalue weighted by atomic mass is 10.0. The predicted octanol–water partition coefficient (Wildman–Crippen LogP) is 2.91. The molecule has 2 aromatic rings. The van der Waals surface area contributed by atoms with Crippen molar-refractivity contribution in [1.29, 1.82) is 0 Å². The maximum Gasteiger partial charge on any atom is 0.127 e. The number of H-pyrrole nitrogens is 1. The van der Waals surface area contributed by atoms with Gasteiger partial charge in [-0.05, 0) is 31.5 Å². The SMILES string of the molecule is CCC(C)(N)c1nc2ccc(Br)cc2[nH]1. The summed E-state index contributed by atoms with van der Waals surface area (Å²) < 4.78 is 1.04. The van der Waals surface area contributed by atoms with Gasteiger partial charge in [0, 0.05) is 4.47 Å². The van der Waals surface area contributed by atoms with Crippen LogP contribution >= 0.6 is 15.9 Å². The van der Waals surface area contributed by atoms with Crippen LogP contribution in [0, 0.1) is 0 Å². The number of halogens is 1. The molecule has 0 saturated heterocycles. The average molecular weight is 268 g/mol. The standard InChI is InChI=1S/C11H14BrN3/c1-3-11(2,13)10-14-8-5-4-7(12)6-9(8)15-10/h4-6H,3,13H2,1-2H3,(H,14,15). The molecule has 0 aliphatic rings. The predicted molar refractivity (Wildman–Crippen MR) is 65.6 cm³/mol. The summed E-state index contributed by atoms with van der Waals surface area (Å²) in [5, 5.41) is 0. The Hall–Kier alpha value is -0.870. The highest BCUT2D eigenvalue weighted by Gasteiger charge is 2.22. The van der Waals surface area contributed by atoms with E-state index in [1.165, 1.54) is 0 Å². The summed E-state index contributed by atoms with van der Waals surface area (Å²) in [6.45, 7) is 4.04. The third-order valence-electron chi connectivity index (χ3n) is 2.72. The van der Waals surface area contributed by atoms with Gasteiger partial charge in [-0.25, -0.2) is 4.98 Å². The summed E-state index contributed by atoms with van der Waals surface area (Å²) in [6, 6.07) is 5.97. The quantitative estimate of drug-likeness (QED) is 0.879. The Kier molecular flexibility index (Phi) is 2.56. The van der Waals surface area contributed by atoms with Gasteiger partial charge in [-0.1, -0.05) is 22.9 Å². The average Bonchev–Trinajstić information content (AvgIpc) is 2.61. The van der Waals surface area contributed by atoms with Gasteiger partial charge in [0.05, 0.1) is 16.6 Å². The fourth-order valence-corrected chi connectivity index (χ4v) is 1.78. The molecule has 2 rings (SSSR count). The fraction of sp³-hybridized carbons (Fsp3) is 0.364. The van der Waals surface area contributed by atoms with Crippen molar-refractivity contribution in [3.05, 3.63) is 28.5 Å². The van der Waals surface area contributed by atoms with E-state index in [1.54, 1.807) is 0 Å². The van der Waals surface area contributed by atoms with Crippen LogP contribution in [0.15, 0.2) is 22.7 Å². The van der Waals surface area contributed by atoms with Crippen LogP contribution in [0.2, 0.25) is 0 Å². The van der Waals surface area contributed by atoms with Gasteiger partial charge in [0.2, 0.25) is 0 Å². The first-order valence-electron chi connectivity index (χ1n) is 4.97. The van der Waals surface area contributed by atoms with Crippen LogP contribution in [-0.4, -0.2) is 9.97 Å². The van der Waals surface area contributed by atoms with E-state index < -0.39 is 0 Å². The normalized spacial score (nSPS) is 15.5. The number of benzene rings is 1. The second-order valence-corrected chi connectivity index (χ2v) is 4.93. The molecule has 3 nitrogen and oxygen atoms in total. The molecule has 0 fully saturated rings. The van der Waals surface area contributed by atoms with E-state index in [4.69, 9.17) is 5.73 Å². The van der Waals surface area contributed by atoms with Crippen LogP contribution in [0.1, 0.15) is 26.1 Å². The number of hydrogen-bond acceptors (Lipinski definition) is 2. The lowest BCUT2D eigenvalue weighted by Gasteiger charge is -2.19. The van der Waals surface area contributed by atoms with E-state index in [9.17, 15) is 0 Å². The number of nitrogens with two attached hydrogens (primary N) is 1. The molecule has 1 atom stereocenters. The van der Waals surface area contributed by atoms with Crippen LogP contribution in [0.25, 0.3) is 11.0 Å². The van der Waals surface area contributed by atoms with Crippen LogP contribution in [0.4, 0.5) is 0 Å². The van der Waals surface area contributed by atoms with E-state index in [2.05, 4.69) is 32.8 Å². The topological polar surface area (TPSA) is 54.7 Å². The summed E-state index contributed by atoms with van der Waals surface area (Å²) in [6.07, 6.45) is 0.855. The molecule has 3 N–H and O–H groups in total. The van der Waals surface area contributed by atoms with Gasteiger partial charge in [-0.3, -0.25) is 0 Å². The molecule has 0 aliphatic carbocycles. The molecule has 0 radical (unpaired) electrons. The van der Waals surface area contributed by atoms with Crippen molar-refractivity contribution >= 4 is 27.0 Å². The van der Waals surface area contributed by atoms with Crippen LogP contribution in [-0.2, 0) is 5.54 Å². The lowest BCUT2D eigenvalue weighted by Crippen LogP contribution is -2.33. The number of imidazole rings is 1. The summed E-state index contributed by atoms with van der Waals surface area (Å²) >= 11 is 3.43. The Balaban J connectivity index is 2.56. The minimum Gasteiger partial charge on any atom is -0.340 e. The Morgan fingerprint density at radius 3 is 2.93 bits per heavy atom. The molecule has 80 valence electrons. The van der Waals surface area contributed by atoms with Gasteiger partial charge in [0.1, 0.15) is 5.82 Å². The number of hydrogen-bond donors (Lipinski definition) is 2. The number of nitrogens with one attached hydrogen (secondary N) is 1. The molecule has 1 aromatic carbocycles. The number of fused-ring (bicyclic) bond motifs is 1. The Labute approximate surface area is 97.2 Å². The highest BCUT2D eigenvalue weighted by atomic mass is 79.9. The van der Waals surface area contributed by atoms with Crippen LogP contribution < -0.4 is 5.73 Å². The molecule has 0 aliphatic heterocycles. The fourth-order valence-electron chi connectivity index (χ4n) is 1.42. The van der Waals surface area contributed by atoms with Crippen molar-refractivity contribution in [3.8, 4) is 0 Å². The molecule has 1 unspecified atom stereocenters. The molecule has 0 amide bonds. The van der Waals surface area contributed by atoms with Gasteiger partial charge < -0.3 is 10.7 Å². The second kappa shape index (κ2) is 3.61. The van der Waals surface area contributed by atoms with Crippen molar-refractivity contribution in [1.82, 2.24) is 9.97 Å². The zero-order chi connectivity index (χ0) is 11.1. The summed E-state index contributed by atoms with van der Waals surface area (Å²) in [5.41, 5.74) is 7.73. The summed E-state index contributed by atoms with van der Waals surface area (Å²) in [7, 11) is 0. The Morgan fingerprint density at radius 1 is 1.53 bits per heavy atom. The van der Waals surface area contributed by atoms with E-state index in [0.717, 1.165) is 27.8 Å². The maximum absolute atomic E-state index is 6.13. The number of rotatable bonds is 2. The Morgan fingerprint density at radius 2 is 2.27 bits per heavy atom. The molecule has 15 heavy (non-hydrogen) atoms. The van der Waals surface area contributed by atoms with Crippen molar-refractivity contribution < 1.29 is 0 Å². The molecule has 0 saturated carbocycles. The first kappa shape index (κ1) is 10.6. The van der Waals surface area contributed by atoms with Gasteiger partial charge in [-0.15, -0.1) is 0 Å². The highest BCUT2D eigenvalue weighted by Crippen LogP contribution is 2.23. The number of nitrogens with zero attached hydrogens (tertiary/aromatic N) is 1. The highest BCUT2D eigenvalue weighted by molar-refractivity contribution is 9.10. The number of aromatic nitrogens is 2. The first-order valence-corrected chi connectivity index (χ1v) is 5.77. The Bertz CT molecular complexity index is 488. The first-order chi connectivity index (χ1) is 7.03. The van der Waals surface area contributed by atoms with Gasteiger partial charge >= 0.3 is 0 Å². The molecule has 0 bridgehead atoms. The van der Waals surface area contributed by atoms with Gasteiger partial charge in [0.25, 0.3) is 0 Å². The maximum atomic E-state index is 6.13. The lowest BCUT2D eigenvalue weighted by molar-refractivity contribution is 0.451. The molecule has 0 spiro atoms. The smallest absolute Gasteiger partial charge is 0.127 e.